The minimum atomic E-state index is -1.03. The van der Waals surface area contributed by atoms with Gasteiger partial charge >= 0.3 is 5.97 Å². The standard InChI is InChI=1S/C9H14N2O3/c1-6(8(4-10)9(12)13)11-7-2-3-14-5-7/h4,7-8,10H,2-3,5H2,1H3,(H,12,13). The van der Waals surface area contributed by atoms with Crippen molar-refractivity contribution in [1.82, 2.24) is 0 Å². The van der Waals surface area contributed by atoms with E-state index in [1.54, 1.807) is 6.92 Å². The summed E-state index contributed by atoms with van der Waals surface area (Å²) in [6.45, 7) is 2.88. The van der Waals surface area contributed by atoms with Gasteiger partial charge in [0.05, 0.1) is 12.6 Å². The molecule has 0 aromatic rings. The molecule has 5 heteroatoms. The summed E-state index contributed by atoms with van der Waals surface area (Å²) in [5.41, 5.74) is 0.475. The summed E-state index contributed by atoms with van der Waals surface area (Å²) in [7, 11) is 0. The van der Waals surface area contributed by atoms with Gasteiger partial charge in [-0.15, -0.1) is 0 Å². The predicted molar refractivity (Wildman–Crippen MR) is 52.2 cm³/mol. The van der Waals surface area contributed by atoms with Gasteiger partial charge in [0.25, 0.3) is 0 Å². The fourth-order valence-corrected chi connectivity index (χ4v) is 1.36. The van der Waals surface area contributed by atoms with E-state index in [-0.39, 0.29) is 6.04 Å². The van der Waals surface area contributed by atoms with E-state index in [1.165, 1.54) is 0 Å². The third-order valence-corrected chi connectivity index (χ3v) is 2.17. The summed E-state index contributed by atoms with van der Waals surface area (Å²) in [6.07, 6.45) is 1.73. The molecular formula is C9H14N2O3. The van der Waals surface area contributed by atoms with Crippen molar-refractivity contribution < 1.29 is 14.6 Å². The van der Waals surface area contributed by atoms with Gasteiger partial charge in [0, 0.05) is 18.5 Å². The molecule has 0 bridgehead atoms. The van der Waals surface area contributed by atoms with E-state index in [0.29, 0.717) is 18.9 Å². The van der Waals surface area contributed by atoms with Crippen LogP contribution >= 0.6 is 0 Å². The fourth-order valence-electron chi connectivity index (χ4n) is 1.36. The van der Waals surface area contributed by atoms with Gasteiger partial charge in [-0.05, 0) is 13.3 Å². The molecule has 1 fully saturated rings. The molecule has 0 spiro atoms. The molecule has 2 atom stereocenters. The van der Waals surface area contributed by atoms with Crippen molar-refractivity contribution in [3.8, 4) is 0 Å². The van der Waals surface area contributed by atoms with Gasteiger partial charge in [0.2, 0.25) is 0 Å². The number of rotatable bonds is 4. The van der Waals surface area contributed by atoms with Crippen molar-refractivity contribution in [2.24, 2.45) is 10.9 Å². The molecule has 1 aliphatic heterocycles. The van der Waals surface area contributed by atoms with Crippen LogP contribution in [0.4, 0.5) is 0 Å². The minimum Gasteiger partial charge on any atom is -0.480 e. The lowest BCUT2D eigenvalue weighted by Gasteiger charge is -2.08. The topological polar surface area (TPSA) is 82.7 Å². The summed E-state index contributed by atoms with van der Waals surface area (Å²) in [4.78, 5) is 14.9. The van der Waals surface area contributed by atoms with E-state index in [2.05, 4.69) is 4.99 Å². The fraction of sp³-hybridized carbons (Fsp3) is 0.667. The normalized spacial score (nSPS) is 24.6. The van der Waals surface area contributed by atoms with Crippen LogP contribution in [-0.4, -0.2) is 42.3 Å². The minimum absolute atomic E-state index is 0.0665. The summed E-state index contributed by atoms with van der Waals surface area (Å²) in [6, 6.07) is 0.0665. The molecule has 2 N–H and O–H groups in total. The Balaban J connectivity index is 2.64. The first kappa shape index (κ1) is 10.8. The van der Waals surface area contributed by atoms with Crippen LogP contribution in [-0.2, 0) is 9.53 Å². The predicted octanol–water partition coefficient (Wildman–Crippen LogP) is 0.587. The van der Waals surface area contributed by atoms with Gasteiger partial charge in [-0.1, -0.05) is 0 Å². The third-order valence-electron chi connectivity index (χ3n) is 2.17. The Morgan fingerprint density at radius 1 is 1.79 bits per heavy atom. The first-order valence-corrected chi connectivity index (χ1v) is 4.50. The highest BCUT2D eigenvalue weighted by atomic mass is 16.5. The van der Waals surface area contributed by atoms with Gasteiger partial charge in [-0.25, -0.2) is 0 Å². The molecule has 0 aliphatic carbocycles. The van der Waals surface area contributed by atoms with Crippen LogP contribution in [0.2, 0.25) is 0 Å². The maximum absolute atomic E-state index is 10.7. The zero-order valence-corrected chi connectivity index (χ0v) is 8.06. The Hall–Kier alpha value is -1.23. The average molecular weight is 198 g/mol. The Morgan fingerprint density at radius 2 is 2.50 bits per heavy atom. The Labute approximate surface area is 82.3 Å². The summed E-state index contributed by atoms with van der Waals surface area (Å²) in [5.74, 6) is -1.92. The summed E-state index contributed by atoms with van der Waals surface area (Å²) >= 11 is 0. The molecule has 14 heavy (non-hydrogen) atoms. The van der Waals surface area contributed by atoms with Gasteiger partial charge in [0.1, 0.15) is 5.92 Å². The number of nitrogens with zero attached hydrogens (tertiary/aromatic N) is 1. The zero-order valence-electron chi connectivity index (χ0n) is 8.06. The quantitative estimate of drug-likeness (QED) is 0.648. The number of aliphatic imine (C=N–C) groups is 1. The Bertz CT molecular complexity index is 257. The van der Waals surface area contributed by atoms with E-state index in [1.807, 2.05) is 0 Å². The van der Waals surface area contributed by atoms with Crippen LogP contribution in [0.25, 0.3) is 0 Å². The molecular weight excluding hydrogens is 184 g/mol. The molecule has 5 nitrogen and oxygen atoms in total. The summed E-state index contributed by atoms with van der Waals surface area (Å²) < 4.78 is 5.12. The molecule has 1 aliphatic rings. The highest BCUT2D eigenvalue weighted by Crippen LogP contribution is 2.10. The third kappa shape index (κ3) is 2.63. The highest BCUT2D eigenvalue weighted by Gasteiger charge is 2.21. The number of aliphatic carboxylic acids is 1. The lowest BCUT2D eigenvalue weighted by molar-refractivity contribution is -0.137. The second-order valence-electron chi connectivity index (χ2n) is 3.27. The van der Waals surface area contributed by atoms with Crippen molar-refractivity contribution in [2.45, 2.75) is 19.4 Å². The van der Waals surface area contributed by atoms with Crippen LogP contribution in [0, 0.1) is 11.3 Å². The van der Waals surface area contributed by atoms with E-state index in [0.717, 1.165) is 12.6 Å². The molecule has 1 rings (SSSR count). The van der Waals surface area contributed by atoms with Crippen molar-refractivity contribution >= 4 is 17.9 Å². The number of carboxylic acid groups (broad SMARTS) is 1. The van der Waals surface area contributed by atoms with Crippen LogP contribution in [0.1, 0.15) is 13.3 Å². The number of carboxylic acids is 1. The monoisotopic (exact) mass is 198 g/mol. The van der Waals surface area contributed by atoms with Crippen molar-refractivity contribution in [1.29, 1.82) is 5.41 Å². The molecule has 0 saturated carbocycles. The average Bonchev–Trinajstić information content (AvgIpc) is 2.57. The van der Waals surface area contributed by atoms with Gasteiger partial charge < -0.3 is 15.3 Å². The van der Waals surface area contributed by atoms with Crippen molar-refractivity contribution in [3.63, 3.8) is 0 Å². The number of nitrogens with one attached hydrogen (secondary N) is 1. The van der Waals surface area contributed by atoms with Crippen molar-refractivity contribution in [3.05, 3.63) is 0 Å². The zero-order chi connectivity index (χ0) is 10.6. The number of ether oxygens (including phenoxy) is 1. The lowest BCUT2D eigenvalue weighted by atomic mass is 10.1. The maximum Gasteiger partial charge on any atom is 0.317 e. The summed E-state index contributed by atoms with van der Waals surface area (Å²) in [5, 5.41) is 15.7. The van der Waals surface area contributed by atoms with E-state index >= 15 is 0 Å². The Morgan fingerprint density at radius 3 is 2.93 bits per heavy atom. The number of hydrogen-bond donors (Lipinski definition) is 2. The molecule has 0 aromatic carbocycles. The van der Waals surface area contributed by atoms with E-state index in [4.69, 9.17) is 15.3 Å². The molecule has 0 amide bonds. The van der Waals surface area contributed by atoms with Crippen LogP contribution in [0.5, 0.6) is 0 Å². The molecule has 0 radical (unpaired) electrons. The van der Waals surface area contributed by atoms with Crippen LogP contribution in [0.3, 0.4) is 0 Å². The smallest absolute Gasteiger partial charge is 0.317 e. The maximum atomic E-state index is 10.7. The van der Waals surface area contributed by atoms with Crippen LogP contribution < -0.4 is 0 Å². The number of carbonyl (C=O) groups is 1. The molecule has 1 saturated heterocycles. The molecule has 78 valence electrons. The lowest BCUT2D eigenvalue weighted by Crippen LogP contribution is -2.24. The molecule has 2 unspecified atom stereocenters. The molecule has 0 aromatic heterocycles. The second-order valence-corrected chi connectivity index (χ2v) is 3.27. The van der Waals surface area contributed by atoms with Gasteiger partial charge in [-0.2, -0.15) is 0 Å². The SMILES string of the molecule is CC(=NC1CCOC1)C(C=N)C(=O)O. The van der Waals surface area contributed by atoms with E-state index < -0.39 is 11.9 Å². The van der Waals surface area contributed by atoms with Crippen LogP contribution in [0.15, 0.2) is 4.99 Å². The van der Waals surface area contributed by atoms with Crippen molar-refractivity contribution in [2.75, 3.05) is 13.2 Å². The largest absolute Gasteiger partial charge is 0.480 e. The van der Waals surface area contributed by atoms with Gasteiger partial charge in [0.15, 0.2) is 0 Å². The molecule has 1 heterocycles. The number of hydrogen-bond acceptors (Lipinski definition) is 4. The van der Waals surface area contributed by atoms with E-state index in [9.17, 15) is 4.79 Å². The van der Waals surface area contributed by atoms with Gasteiger partial charge in [-0.3, -0.25) is 9.79 Å². The Kier molecular flexibility index (Phi) is 3.76. The highest BCUT2D eigenvalue weighted by molar-refractivity contribution is 6.12. The first-order valence-electron chi connectivity index (χ1n) is 4.50. The first-order chi connectivity index (χ1) is 6.65. The second kappa shape index (κ2) is 4.85.